The van der Waals surface area contributed by atoms with Gasteiger partial charge in [-0.1, -0.05) is 206 Å². The lowest BCUT2D eigenvalue weighted by Crippen LogP contribution is -2.63. The average Bonchev–Trinajstić information content (AvgIpc) is 1.80. The number of phosphoric acid groups is 1. The summed E-state index contributed by atoms with van der Waals surface area (Å²) in [6.07, 6.45) is 13.7. The van der Waals surface area contributed by atoms with Gasteiger partial charge in [0.1, 0.15) is 86.4 Å². The van der Waals surface area contributed by atoms with Crippen LogP contribution in [0.1, 0.15) is 219 Å². The first-order chi connectivity index (χ1) is 41.6. The van der Waals surface area contributed by atoms with Crippen molar-refractivity contribution in [3.63, 3.8) is 0 Å². The lowest BCUT2D eigenvalue weighted by Gasteiger charge is -2.44. The molecule has 0 bridgehead atoms. The van der Waals surface area contributed by atoms with Crippen LogP contribution in [0.2, 0.25) is 0 Å². The molecular weight excluding hydrogens is 1150 g/mol. The number of phosphoric ester groups is 1. The number of amides is 1. The van der Waals surface area contributed by atoms with E-state index in [-0.39, 0.29) is 25.5 Å². The highest BCUT2D eigenvalue weighted by atomic mass is 31.2. The number of hydrogen-bond acceptors (Lipinski definition) is 20. The van der Waals surface area contributed by atoms with E-state index in [9.17, 15) is 65.3 Å². The summed E-state index contributed by atoms with van der Waals surface area (Å²) in [6, 6.07) is -0.993. The number of quaternary nitrogens is 1. The zero-order chi connectivity index (χ0) is 64.0. The van der Waals surface area contributed by atoms with Gasteiger partial charge in [0.2, 0.25) is 5.91 Å². The van der Waals surface area contributed by atoms with Gasteiger partial charge in [0, 0.05) is 6.42 Å². The third kappa shape index (κ3) is 33.4. The van der Waals surface area contributed by atoms with Gasteiger partial charge < -0.3 is 94.2 Å². The highest BCUT2D eigenvalue weighted by Gasteiger charge is 2.50. The van der Waals surface area contributed by atoms with E-state index in [2.05, 4.69) is 19.2 Å². The number of ether oxygens (including phenoxy) is 6. The van der Waals surface area contributed by atoms with E-state index >= 15 is 0 Å². The van der Waals surface area contributed by atoms with E-state index < -0.39 is 132 Å². The van der Waals surface area contributed by atoms with Gasteiger partial charge in [0.15, 0.2) is 18.9 Å². The Morgan fingerprint density at radius 1 is 0.483 bits per heavy atom. The Bertz CT molecular complexity index is 1810. The predicted molar refractivity (Wildman–Crippen MR) is 329 cm³/mol. The fraction of sp³-hybridized carbons (Fsp3) is 0.952. The summed E-state index contributed by atoms with van der Waals surface area (Å²) in [4.78, 5) is 23.6. The number of unbranched alkanes of at least 4 members (excludes halogenated alkanes) is 29. The molecule has 24 heteroatoms. The molecule has 0 aromatic heterocycles. The quantitative estimate of drug-likeness (QED) is 0.0139. The van der Waals surface area contributed by atoms with Crippen molar-refractivity contribution in [1.82, 2.24) is 5.32 Å². The second-order valence-electron chi connectivity index (χ2n) is 25.7. The molecule has 0 aliphatic carbocycles. The van der Waals surface area contributed by atoms with Crippen molar-refractivity contribution in [1.29, 1.82) is 0 Å². The number of carbonyl (C=O) groups excluding carboxylic acids is 1. The molecule has 3 heterocycles. The van der Waals surface area contributed by atoms with Crippen LogP contribution in [0.4, 0.5) is 0 Å². The molecule has 23 nitrogen and oxygen atoms in total. The van der Waals surface area contributed by atoms with Gasteiger partial charge in [0.25, 0.3) is 0 Å². The van der Waals surface area contributed by atoms with Crippen LogP contribution in [0, 0.1) is 0 Å². The normalized spacial score (nSPS) is 29.5. The maximum absolute atomic E-state index is 13.4. The molecule has 12 N–H and O–H groups in total. The number of aliphatic hydroxyl groups is 10. The van der Waals surface area contributed by atoms with E-state index in [1.165, 1.54) is 148 Å². The second-order valence-corrected chi connectivity index (χ2v) is 27.1. The smallest absolute Gasteiger partial charge is 0.387 e. The summed E-state index contributed by atoms with van der Waals surface area (Å²) in [5.74, 6) is -0.289. The third-order valence-corrected chi connectivity index (χ3v) is 17.8. The molecule has 18 atom stereocenters. The van der Waals surface area contributed by atoms with Crippen LogP contribution >= 0.6 is 7.82 Å². The standard InChI is InChI=1S/C63H121N2O21P/c1-6-8-10-12-14-16-18-20-21-22-23-24-25-27-29-31-33-35-37-39-51(67)64-46(47(66)38-36-34-32-30-28-26-19-17-15-13-11-9-7-2)42-79-61-58(74)55(71)52(68)48(84-61)43-80-62-59(75)56(72)53(69)49(85-62)44-81-63-60(76)57(73)54(70)50(86-63)45-83-87(77,78)82-41-40-65(3,4)5/h36,38,46-50,52-63,66,68-76H,6-35,37,39-45H2,1-5H3,(H-,64,67,77,78)/p+1/b38-36+/t46-,47+,48+,49+,50+,52-,53-,54-,55-,56-,57-,58+,59+,60+,61+,62+,63+/m0/s1. The predicted octanol–water partition coefficient (Wildman–Crippen LogP) is 6.22. The third-order valence-electron chi connectivity index (χ3n) is 16.8. The number of carbonyl (C=O) groups is 1. The van der Waals surface area contributed by atoms with Crippen LogP contribution in [0.5, 0.6) is 0 Å². The number of nitrogens with zero attached hydrogens (tertiary/aromatic N) is 1. The van der Waals surface area contributed by atoms with Gasteiger partial charge in [-0.2, -0.15) is 0 Å². The number of hydrogen-bond donors (Lipinski definition) is 12. The topological polar surface area (TPSA) is 343 Å². The molecule has 87 heavy (non-hydrogen) atoms. The Labute approximate surface area is 521 Å². The SMILES string of the molecule is CCCCCCCCCCCCC/C=C/[C@@H](O)[C@H](CO[C@@H]1O[C@H](CO[C@@H]2O[C@H](CO[C@@H]3O[C@H](COP(=O)(O)OCC[N+](C)(C)C)[C@H](O)[C@H](O)[C@H]3O)[C@H](O)[C@H](O)[C@H]2O)[C@H](O)[C@H](O)[C@H]1O)NC(=O)CCCCCCCCCCCCCCCCCCCCC. The molecule has 0 aromatic rings. The van der Waals surface area contributed by atoms with E-state index in [0.717, 1.165) is 44.9 Å². The monoisotopic (exact) mass is 1270 g/mol. The number of nitrogens with one attached hydrogen (secondary N) is 1. The summed E-state index contributed by atoms with van der Waals surface area (Å²) in [7, 11) is 0.879. The van der Waals surface area contributed by atoms with Gasteiger partial charge in [-0.25, -0.2) is 4.57 Å². The summed E-state index contributed by atoms with van der Waals surface area (Å²) < 4.78 is 57.4. The maximum atomic E-state index is 13.4. The highest BCUT2D eigenvalue weighted by molar-refractivity contribution is 7.47. The van der Waals surface area contributed by atoms with Crippen LogP contribution in [0.25, 0.3) is 0 Å². The zero-order valence-electron chi connectivity index (χ0n) is 53.7. The Morgan fingerprint density at radius 2 is 0.828 bits per heavy atom. The minimum Gasteiger partial charge on any atom is -0.387 e. The minimum atomic E-state index is -4.65. The highest BCUT2D eigenvalue weighted by Crippen LogP contribution is 2.44. The van der Waals surface area contributed by atoms with Crippen molar-refractivity contribution in [2.45, 2.75) is 324 Å². The first-order valence-electron chi connectivity index (χ1n) is 33.6. The fourth-order valence-electron chi connectivity index (χ4n) is 11.0. The summed E-state index contributed by atoms with van der Waals surface area (Å²) in [5, 5.41) is 112. The van der Waals surface area contributed by atoms with E-state index in [4.69, 9.17) is 37.5 Å². The number of allylic oxidation sites excluding steroid dienone is 1. The van der Waals surface area contributed by atoms with Gasteiger partial charge in [-0.05, 0) is 19.3 Å². The molecule has 514 valence electrons. The van der Waals surface area contributed by atoms with Gasteiger partial charge in [-0.3, -0.25) is 13.8 Å². The molecule has 1 amide bonds. The first-order valence-corrected chi connectivity index (χ1v) is 35.1. The van der Waals surface area contributed by atoms with Crippen LogP contribution in [0.15, 0.2) is 12.2 Å². The largest absolute Gasteiger partial charge is 0.472 e. The first kappa shape index (κ1) is 79.9. The number of aliphatic hydroxyl groups excluding tert-OH is 10. The lowest BCUT2D eigenvalue weighted by molar-refractivity contribution is -0.870. The summed E-state index contributed by atoms with van der Waals surface area (Å²) >= 11 is 0. The van der Waals surface area contributed by atoms with Crippen LogP contribution in [0.3, 0.4) is 0 Å². The Hall–Kier alpha value is -1.36. The molecule has 3 rings (SSSR count). The van der Waals surface area contributed by atoms with Crippen LogP contribution in [-0.4, -0.2) is 231 Å². The van der Waals surface area contributed by atoms with Gasteiger partial charge >= 0.3 is 7.82 Å². The number of likely N-dealkylation sites (N-methyl/N-ethyl adjacent to an activating group) is 1. The molecule has 0 radical (unpaired) electrons. The second kappa shape index (κ2) is 45.9. The average molecular weight is 1270 g/mol. The summed E-state index contributed by atoms with van der Waals surface area (Å²) in [6.45, 7) is 2.18. The van der Waals surface area contributed by atoms with Crippen molar-refractivity contribution in [3.05, 3.63) is 12.2 Å². The van der Waals surface area contributed by atoms with Crippen molar-refractivity contribution >= 4 is 13.7 Å². The maximum Gasteiger partial charge on any atom is 0.472 e. The Kier molecular flexibility index (Phi) is 42.1. The molecule has 0 aromatic carbocycles. The molecule has 0 saturated carbocycles. The minimum absolute atomic E-state index is 0.145. The van der Waals surface area contributed by atoms with Crippen LogP contribution in [-0.2, 0) is 46.8 Å². The summed E-state index contributed by atoms with van der Waals surface area (Å²) in [5.41, 5.74) is 0. The van der Waals surface area contributed by atoms with Crippen molar-refractivity contribution in [2.75, 3.05) is 60.7 Å². The lowest BCUT2D eigenvalue weighted by atomic mass is 9.98. The van der Waals surface area contributed by atoms with Crippen molar-refractivity contribution in [2.24, 2.45) is 0 Å². The molecule has 3 saturated heterocycles. The van der Waals surface area contributed by atoms with Crippen molar-refractivity contribution < 1.29 is 107 Å². The van der Waals surface area contributed by atoms with Crippen molar-refractivity contribution in [3.8, 4) is 0 Å². The molecule has 3 aliphatic rings. The fourth-order valence-corrected chi connectivity index (χ4v) is 11.7. The molecule has 0 spiro atoms. The molecular formula is C63H122N2O21P+. The van der Waals surface area contributed by atoms with E-state index in [1.54, 1.807) is 6.08 Å². The Balaban J connectivity index is 1.52. The van der Waals surface area contributed by atoms with E-state index in [1.807, 2.05) is 27.2 Å². The number of rotatable bonds is 51. The van der Waals surface area contributed by atoms with Gasteiger partial charge in [0.05, 0.1) is 59.7 Å². The molecule has 3 aliphatic heterocycles. The zero-order valence-corrected chi connectivity index (χ0v) is 54.6. The Morgan fingerprint density at radius 3 is 1.21 bits per heavy atom. The van der Waals surface area contributed by atoms with Crippen LogP contribution < -0.4 is 5.32 Å². The molecule has 3 fully saturated rings. The van der Waals surface area contributed by atoms with E-state index in [0.29, 0.717) is 17.4 Å². The molecule has 1 unspecified atom stereocenters. The van der Waals surface area contributed by atoms with Gasteiger partial charge in [-0.15, -0.1) is 0 Å².